The van der Waals surface area contributed by atoms with E-state index in [1.165, 1.54) is 0 Å². The van der Waals surface area contributed by atoms with E-state index >= 15 is 0 Å². The van der Waals surface area contributed by atoms with E-state index in [-0.39, 0.29) is 12.5 Å². The Morgan fingerprint density at radius 2 is 1.68 bits per heavy atom. The van der Waals surface area contributed by atoms with Crippen molar-refractivity contribution >= 4 is 34.8 Å². The molecule has 0 spiro atoms. The van der Waals surface area contributed by atoms with Crippen LogP contribution in [0.25, 0.3) is 0 Å². The van der Waals surface area contributed by atoms with E-state index in [0.29, 0.717) is 34.0 Å². The maximum atomic E-state index is 12.0. The van der Waals surface area contributed by atoms with Crippen LogP contribution in [0.5, 0.6) is 11.5 Å². The summed E-state index contributed by atoms with van der Waals surface area (Å²) in [4.78, 5) is 12.0. The van der Waals surface area contributed by atoms with Crippen molar-refractivity contribution in [2.75, 3.05) is 18.5 Å². The number of rotatable bonds is 8. The van der Waals surface area contributed by atoms with Crippen molar-refractivity contribution in [3.8, 4) is 11.5 Å². The summed E-state index contributed by atoms with van der Waals surface area (Å²) < 4.78 is 11.1. The van der Waals surface area contributed by atoms with Gasteiger partial charge in [-0.25, -0.2) is 0 Å². The molecule has 25 heavy (non-hydrogen) atoms. The zero-order chi connectivity index (χ0) is 18.2. The molecule has 0 aliphatic heterocycles. The Hall–Kier alpha value is -1.91. The van der Waals surface area contributed by atoms with Crippen molar-refractivity contribution in [2.24, 2.45) is 5.92 Å². The summed E-state index contributed by atoms with van der Waals surface area (Å²) in [6.07, 6.45) is 1.00. The molecule has 0 radical (unpaired) electrons. The number of benzene rings is 2. The average molecular weight is 382 g/mol. The topological polar surface area (TPSA) is 47.6 Å². The second kappa shape index (κ2) is 9.54. The second-order valence-electron chi connectivity index (χ2n) is 5.94. The SMILES string of the molecule is CC(C)CCOc1ccc(OCC(=O)Nc2cccc(Cl)c2Cl)cc1. The monoisotopic (exact) mass is 381 g/mol. The molecular formula is C19H21Cl2NO3. The summed E-state index contributed by atoms with van der Waals surface area (Å²) in [5.74, 6) is 1.65. The summed E-state index contributed by atoms with van der Waals surface area (Å²) >= 11 is 11.9. The van der Waals surface area contributed by atoms with E-state index in [2.05, 4.69) is 19.2 Å². The summed E-state index contributed by atoms with van der Waals surface area (Å²) in [6, 6.07) is 12.2. The van der Waals surface area contributed by atoms with E-state index in [4.69, 9.17) is 32.7 Å². The molecule has 0 aliphatic rings. The van der Waals surface area contributed by atoms with Crippen LogP contribution in [0.2, 0.25) is 10.0 Å². The molecule has 0 fully saturated rings. The van der Waals surface area contributed by atoms with Crippen LogP contribution in [-0.2, 0) is 4.79 Å². The van der Waals surface area contributed by atoms with Crippen LogP contribution in [0, 0.1) is 5.92 Å². The van der Waals surface area contributed by atoms with Crippen LogP contribution in [0.1, 0.15) is 20.3 Å². The predicted octanol–water partition coefficient (Wildman–Crippen LogP) is 5.44. The molecule has 0 aromatic heterocycles. The number of hydrogen-bond donors (Lipinski definition) is 1. The van der Waals surface area contributed by atoms with Crippen molar-refractivity contribution in [2.45, 2.75) is 20.3 Å². The van der Waals surface area contributed by atoms with Gasteiger partial charge in [0.25, 0.3) is 5.91 Å². The third kappa shape index (κ3) is 6.48. The van der Waals surface area contributed by atoms with Crippen LogP contribution in [0.3, 0.4) is 0 Å². The van der Waals surface area contributed by atoms with Gasteiger partial charge in [0.15, 0.2) is 6.61 Å². The summed E-state index contributed by atoms with van der Waals surface area (Å²) in [7, 11) is 0. The van der Waals surface area contributed by atoms with Crippen molar-refractivity contribution in [3.05, 3.63) is 52.5 Å². The summed E-state index contributed by atoms with van der Waals surface area (Å²) in [5, 5.41) is 3.35. The Morgan fingerprint density at radius 3 is 2.32 bits per heavy atom. The Bertz CT molecular complexity index is 702. The molecule has 2 aromatic rings. The molecule has 0 saturated heterocycles. The molecule has 1 amide bonds. The van der Waals surface area contributed by atoms with Crippen LogP contribution in [-0.4, -0.2) is 19.1 Å². The smallest absolute Gasteiger partial charge is 0.262 e. The second-order valence-corrected chi connectivity index (χ2v) is 6.73. The maximum Gasteiger partial charge on any atom is 0.262 e. The van der Waals surface area contributed by atoms with Gasteiger partial charge in [0.1, 0.15) is 11.5 Å². The van der Waals surface area contributed by atoms with E-state index in [9.17, 15) is 4.79 Å². The fourth-order valence-electron chi connectivity index (χ4n) is 1.98. The van der Waals surface area contributed by atoms with Crippen molar-refractivity contribution in [1.29, 1.82) is 0 Å². The lowest BCUT2D eigenvalue weighted by Crippen LogP contribution is -2.20. The van der Waals surface area contributed by atoms with E-state index in [1.54, 1.807) is 30.3 Å². The van der Waals surface area contributed by atoms with Gasteiger partial charge in [0.2, 0.25) is 0 Å². The highest BCUT2D eigenvalue weighted by atomic mass is 35.5. The first-order valence-electron chi connectivity index (χ1n) is 8.05. The molecule has 0 atom stereocenters. The molecule has 6 heteroatoms. The molecule has 1 N–H and O–H groups in total. The zero-order valence-electron chi connectivity index (χ0n) is 14.2. The van der Waals surface area contributed by atoms with Gasteiger partial charge in [-0.2, -0.15) is 0 Å². The lowest BCUT2D eigenvalue weighted by atomic mass is 10.1. The number of hydrogen-bond acceptors (Lipinski definition) is 3. The third-order valence-corrected chi connectivity index (χ3v) is 4.20. The molecule has 0 unspecified atom stereocenters. The third-order valence-electron chi connectivity index (χ3n) is 3.38. The van der Waals surface area contributed by atoms with Gasteiger partial charge in [-0.05, 0) is 48.7 Å². The molecule has 2 aromatic carbocycles. The zero-order valence-corrected chi connectivity index (χ0v) is 15.7. The number of carbonyl (C=O) groups excluding carboxylic acids is 1. The summed E-state index contributed by atoms with van der Waals surface area (Å²) in [6.45, 7) is 4.86. The van der Waals surface area contributed by atoms with Crippen LogP contribution in [0.4, 0.5) is 5.69 Å². The van der Waals surface area contributed by atoms with Gasteiger partial charge in [0.05, 0.1) is 22.3 Å². The van der Waals surface area contributed by atoms with Crippen molar-refractivity contribution < 1.29 is 14.3 Å². The number of nitrogens with one attached hydrogen (secondary N) is 1. The summed E-state index contributed by atoms with van der Waals surface area (Å²) in [5.41, 5.74) is 0.455. The molecule has 0 aliphatic carbocycles. The lowest BCUT2D eigenvalue weighted by Gasteiger charge is -2.11. The number of halogens is 2. The standard InChI is InChI=1S/C19H21Cl2NO3/c1-13(2)10-11-24-14-6-8-15(9-7-14)25-12-18(23)22-17-5-3-4-16(20)19(17)21/h3-9,13H,10-12H2,1-2H3,(H,22,23). The highest BCUT2D eigenvalue weighted by Crippen LogP contribution is 2.29. The minimum atomic E-state index is -0.318. The Morgan fingerprint density at radius 1 is 1.04 bits per heavy atom. The van der Waals surface area contributed by atoms with Gasteiger partial charge in [-0.1, -0.05) is 43.1 Å². The molecule has 0 heterocycles. The first-order chi connectivity index (χ1) is 12.0. The van der Waals surface area contributed by atoms with E-state index in [0.717, 1.165) is 12.2 Å². The Labute approximate surface area is 158 Å². The van der Waals surface area contributed by atoms with Gasteiger partial charge < -0.3 is 14.8 Å². The highest BCUT2D eigenvalue weighted by Gasteiger charge is 2.09. The van der Waals surface area contributed by atoms with Gasteiger partial charge >= 0.3 is 0 Å². The fourth-order valence-corrected chi connectivity index (χ4v) is 2.33. The Balaban J connectivity index is 1.80. The molecule has 134 valence electrons. The predicted molar refractivity (Wildman–Crippen MR) is 102 cm³/mol. The minimum absolute atomic E-state index is 0.129. The molecule has 0 saturated carbocycles. The van der Waals surface area contributed by atoms with E-state index in [1.807, 2.05) is 12.1 Å². The molecule has 0 bridgehead atoms. The van der Waals surface area contributed by atoms with Crippen LogP contribution in [0.15, 0.2) is 42.5 Å². The number of anilines is 1. The van der Waals surface area contributed by atoms with Gasteiger partial charge in [-0.3, -0.25) is 4.79 Å². The molecular weight excluding hydrogens is 361 g/mol. The number of amides is 1. The fraction of sp³-hybridized carbons (Fsp3) is 0.316. The minimum Gasteiger partial charge on any atom is -0.494 e. The van der Waals surface area contributed by atoms with Crippen molar-refractivity contribution in [1.82, 2.24) is 0 Å². The number of carbonyl (C=O) groups is 1. The molecule has 4 nitrogen and oxygen atoms in total. The van der Waals surface area contributed by atoms with Gasteiger partial charge in [-0.15, -0.1) is 0 Å². The normalized spacial score (nSPS) is 10.6. The lowest BCUT2D eigenvalue weighted by molar-refractivity contribution is -0.118. The highest BCUT2D eigenvalue weighted by molar-refractivity contribution is 6.43. The Kier molecular flexibility index (Phi) is 7.41. The first-order valence-corrected chi connectivity index (χ1v) is 8.81. The van der Waals surface area contributed by atoms with Gasteiger partial charge in [0, 0.05) is 0 Å². The van der Waals surface area contributed by atoms with Crippen molar-refractivity contribution in [3.63, 3.8) is 0 Å². The quantitative estimate of drug-likeness (QED) is 0.662. The van der Waals surface area contributed by atoms with Crippen LogP contribution >= 0.6 is 23.2 Å². The maximum absolute atomic E-state index is 12.0. The van der Waals surface area contributed by atoms with E-state index < -0.39 is 0 Å². The first kappa shape index (κ1) is 19.4. The number of ether oxygens (including phenoxy) is 2. The average Bonchev–Trinajstić information content (AvgIpc) is 2.58. The largest absolute Gasteiger partial charge is 0.494 e. The van der Waals surface area contributed by atoms with Crippen LogP contribution < -0.4 is 14.8 Å². The molecule has 2 rings (SSSR count).